The summed E-state index contributed by atoms with van der Waals surface area (Å²) >= 11 is 0. The summed E-state index contributed by atoms with van der Waals surface area (Å²) in [6.07, 6.45) is -10.4. The molecule has 3 rings (SSSR count). The van der Waals surface area contributed by atoms with E-state index >= 15 is 0 Å². The predicted octanol–water partition coefficient (Wildman–Crippen LogP) is 2.64. The quantitative estimate of drug-likeness (QED) is 0.122. The molecule has 0 atom stereocenters. The molecular weight excluding hydrogens is 626 g/mol. The molecule has 13 nitrogen and oxygen atoms in total. The number of alkyl halides is 6. The van der Waals surface area contributed by atoms with E-state index in [9.17, 15) is 43.2 Å². The lowest BCUT2D eigenvalue weighted by Crippen LogP contribution is -2.45. The number of aromatic nitrogens is 3. The molecule has 0 aliphatic rings. The number of hydrogen-bond acceptors (Lipinski definition) is 10. The van der Waals surface area contributed by atoms with Crippen LogP contribution >= 0.6 is 0 Å². The van der Waals surface area contributed by atoms with Crippen molar-refractivity contribution < 1.29 is 61.6 Å². The van der Waals surface area contributed by atoms with E-state index in [0.717, 1.165) is 38.5 Å². The third-order valence-electron chi connectivity index (χ3n) is 4.94. The number of anilines is 1. The fourth-order valence-corrected chi connectivity index (χ4v) is 5.94. The van der Waals surface area contributed by atoms with Gasteiger partial charge in [0.2, 0.25) is 0 Å². The van der Waals surface area contributed by atoms with Gasteiger partial charge < -0.3 is 14.3 Å². The van der Waals surface area contributed by atoms with Crippen LogP contribution in [0.1, 0.15) is 11.1 Å². The summed E-state index contributed by atoms with van der Waals surface area (Å²) in [6, 6.07) is 4.71. The smallest absolute Gasteiger partial charge is 0.421 e. The van der Waals surface area contributed by atoms with Crippen LogP contribution in [-0.2, 0) is 37.2 Å². The highest BCUT2D eigenvalue weighted by Crippen LogP contribution is 2.35. The second-order valence-electron chi connectivity index (χ2n) is 7.61. The van der Waals surface area contributed by atoms with Crippen molar-refractivity contribution >= 4 is 32.0 Å². The molecule has 21 heteroatoms. The Hall–Kier alpha value is -4.40. The zero-order valence-corrected chi connectivity index (χ0v) is 23.0. The van der Waals surface area contributed by atoms with Gasteiger partial charge >= 0.3 is 56.3 Å². The van der Waals surface area contributed by atoms with Gasteiger partial charge in [0.05, 0.1) is 25.3 Å². The predicted molar refractivity (Wildman–Crippen MR) is 129 cm³/mol. The minimum Gasteiger partial charge on any atom is -0.467 e. The van der Waals surface area contributed by atoms with Crippen molar-refractivity contribution in [3.8, 4) is 12.0 Å². The number of nitrogens with zero attached hydrogens (tertiary/aromatic N) is 4. The van der Waals surface area contributed by atoms with Gasteiger partial charge in [0, 0.05) is 4.14 Å². The van der Waals surface area contributed by atoms with Crippen LogP contribution in [0.15, 0.2) is 58.3 Å². The van der Waals surface area contributed by atoms with Gasteiger partial charge in [0.1, 0.15) is 16.9 Å². The number of sulfonamides is 2. The van der Waals surface area contributed by atoms with Crippen LogP contribution in [0.25, 0.3) is 0 Å². The minimum atomic E-state index is -5.50. The maximum absolute atomic E-state index is 13.7. The van der Waals surface area contributed by atoms with Crippen molar-refractivity contribution in [3.63, 3.8) is 0 Å². The molecule has 0 bridgehead atoms. The summed E-state index contributed by atoms with van der Waals surface area (Å²) < 4.78 is 146. The van der Waals surface area contributed by atoms with E-state index in [-0.39, 0.29) is 4.14 Å². The lowest BCUT2D eigenvalue weighted by Gasteiger charge is -2.16. The largest absolute Gasteiger partial charge is 0.467 e. The Kier molecular flexibility index (Phi) is 9.05. The zero-order valence-electron chi connectivity index (χ0n) is 21.3. The molecule has 0 aliphatic carbocycles. The molecule has 3 aromatic rings. The molecule has 228 valence electrons. The van der Waals surface area contributed by atoms with Gasteiger partial charge in [-0.15, -0.1) is 15.0 Å². The first-order chi connectivity index (χ1) is 19.5. The molecule has 1 heterocycles. The second-order valence-corrected chi connectivity index (χ2v) is 11.0. The van der Waals surface area contributed by atoms with Gasteiger partial charge in [-0.2, -0.15) is 47.9 Å². The molecule has 0 unspecified atom stereocenters. The molecule has 0 amide bonds. The molecule has 0 radical (unpaired) electrons. The highest BCUT2D eigenvalue weighted by atomic mass is 32.2. The van der Waals surface area contributed by atoms with Gasteiger partial charge in [-0.25, -0.2) is 5.32 Å². The maximum atomic E-state index is 13.7. The summed E-state index contributed by atoms with van der Waals surface area (Å²) in [7, 11) is -8.05. The van der Waals surface area contributed by atoms with Crippen molar-refractivity contribution in [1.82, 2.24) is 19.7 Å². The van der Waals surface area contributed by atoms with Gasteiger partial charge in [-0.1, -0.05) is 24.3 Å². The molecule has 0 saturated heterocycles. The number of ether oxygens (including phenoxy) is 2. The van der Waals surface area contributed by atoms with E-state index in [1.165, 1.54) is 0 Å². The van der Waals surface area contributed by atoms with E-state index in [0.29, 0.717) is 31.4 Å². The van der Waals surface area contributed by atoms with E-state index in [2.05, 4.69) is 20.3 Å². The molecule has 0 saturated carbocycles. The molecule has 2 N–H and O–H groups in total. The molecule has 1 aromatic heterocycles. The number of halogens is 6. The van der Waals surface area contributed by atoms with Crippen molar-refractivity contribution in [2.75, 3.05) is 26.6 Å². The molecule has 0 fully saturated rings. The number of methoxy groups -OCH3 is 2. The highest BCUT2D eigenvalue weighted by molar-refractivity contribution is 7.90. The van der Waals surface area contributed by atoms with Crippen LogP contribution in [0.3, 0.4) is 0 Å². The number of nitrogens with one attached hydrogen (secondary N) is 2. The van der Waals surface area contributed by atoms with Crippen LogP contribution in [0, 0.1) is 0 Å². The average Bonchev–Trinajstić information content (AvgIpc) is 2.91. The Morgan fingerprint density at radius 2 is 1.19 bits per heavy atom. The van der Waals surface area contributed by atoms with Crippen LogP contribution < -0.4 is 19.5 Å². The zero-order chi connectivity index (χ0) is 31.5. The summed E-state index contributed by atoms with van der Waals surface area (Å²) in [4.78, 5) is 13.1. The summed E-state index contributed by atoms with van der Waals surface area (Å²) in [6.45, 7) is 0. The lowest BCUT2D eigenvalue weighted by atomic mass is 10.2. The van der Waals surface area contributed by atoms with E-state index < -0.39 is 77.2 Å². The fourth-order valence-electron chi connectivity index (χ4n) is 3.23. The third-order valence-corrected chi connectivity index (χ3v) is 8.02. The first-order valence-corrected chi connectivity index (χ1v) is 13.8. The number of rotatable bonds is 8. The minimum absolute atomic E-state index is 0.353. The van der Waals surface area contributed by atoms with Gasteiger partial charge in [0.25, 0.3) is 0 Å². The summed E-state index contributed by atoms with van der Waals surface area (Å²) in [5, 5.41) is 2.06. The Bertz CT molecular complexity index is 1690. The lowest BCUT2D eigenvalue weighted by molar-refractivity contribution is -0.667. The van der Waals surface area contributed by atoms with Crippen LogP contribution in [0.2, 0.25) is 0 Å². The molecule has 42 heavy (non-hydrogen) atoms. The molecular formula is C21H19F6N6O7S2+. The van der Waals surface area contributed by atoms with Crippen LogP contribution in [0.4, 0.5) is 32.3 Å². The van der Waals surface area contributed by atoms with E-state index in [1.807, 2.05) is 0 Å². The van der Waals surface area contributed by atoms with Crippen LogP contribution in [0.5, 0.6) is 12.0 Å². The Balaban J connectivity index is 2.34. The average molecular weight is 646 g/mol. The van der Waals surface area contributed by atoms with Crippen molar-refractivity contribution in [1.29, 1.82) is 0 Å². The number of benzene rings is 2. The van der Waals surface area contributed by atoms with Gasteiger partial charge in [-0.3, -0.25) is 0 Å². The second kappa shape index (κ2) is 11.8. The maximum Gasteiger partial charge on any atom is 0.421 e. The summed E-state index contributed by atoms with van der Waals surface area (Å²) in [5.74, 6) is -2.11. The molecule has 2 aromatic carbocycles. The molecule has 0 spiro atoms. The Morgan fingerprint density at radius 1 is 0.738 bits per heavy atom. The van der Waals surface area contributed by atoms with Crippen LogP contribution in [-0.4, -0.2) is 63.2 Å². The summed E-state index contributed by atoms with van der Waals surface area (Å²) in [5.41, 5.74) is -3.31. The van der Waals surface area contributed by atoms with Crippen molar-refractivity contribution in [2.24, 2.45) is 0 Å². The SMILES string of the molecule is COc1nc(NC(NS(=O)(=O)c2ccccc2C(F)(F)F)=[N+](OC)S(=O)(=O)c2ccccc2C(F)(F)F)nc(OC)n1. The number of guanidine groups is 1. The Morgan fingerprint density at radius 3 is 1.64 bits per heavy atom. The van der Waals surface area contributed by atoms with Gasteiger partial charge in [-0.05, 0) is 24.3 Å². The van der Waals surface area contributed by atoms with Crippen molar-refractivity contribution in [3.05, 3.63) is 59.7 Å². The monoisotopic (exact) mass is 645 g/mol. The standard InChI is InChI=1S/C21H18F6N6O7S2/c1-38-18-29-16(30-19(31-18)39-2)28-17(32-41(34,35)14-10-6-4-8-12(14)20(22,23)24)33(40-3)42(36,37)15-11-7-5-9-13(15)21(25,26)27/h4-11H,1-3H3,(H,28,29,30,31,32)/p+1. The van der Waals surface area contributed by atoms with E-state index in [4.69, 9.17) is 14.3 Å². The first-order valence-electron chi connectivity index (χ1n) is 10.9. The number of hydrogen-bond donors (Lipinski definition) is 2. The molecule has 0 aliphatic heterocycles. The normalized spacial score (nSPS) is 13.2. The third kappa shape index (κ3) is 6.90. The highest BCUT2D eigenvalue weighted by Gasteiger charge is 2.43. The first kappa shape index (κ1) is 32.1. The van der Waals surface area contributed by atoms with Gasteiger partial charge in [0.15, 0.2) is 0 Å². The Labute approximate surface area is 233 Å². The van der Waals surface area contributed by atoms with Crippen molar-refractivity contribution in [2.45, 2.75) is 22.1 Å². The fraction of sp³-hybridized carbons (Fsp3) is 0.238. The topological polar surface area (TPSA) is 162 Å². The van der Waals surface area contributed by atoms with E-state index in [1.54, 1.807) is 4.72 Å².